The van der Waals surface area contributed by atoms with Crippen LogP contribution in [-0.2, 0) is 11.3 Å². The summed E-state index contributed by atoms with van der Waals surface area (Å²) in [5.41, 5.74) is 0.366. The maximum Gasteiger partial charge on any atom is 0.131 e. The summed E-state index contributed by atoms with van der Waals surface area (Å²) in [5.74, 6) is -0.662. The second-order valence-electron chi connectivity index (χ2n) is 4.91. The summed E-state index contributed by atoms with van der Waals surface area (Å²) < 4.78 is 26.6. The molecule has 1 fully saturated rings. The van der Waals surface area contributed by atoms with Gasteiger partial charge < -0.3 is 0 Å². The highest BCUT2D eigenvalue weighted by Crippen LogP contribution is 2.23. The molecule has 1 saturated heterocycles. The fraction of sp³-hybridized carbons (Fsp3) is 0.500. The Balaban J connectivity index is 2.08. The van der Waals surface area contributed by atoms with Crippen molar-refractivity contribution in [3.8, 4) is 0 Å². The Bertz CT molecular complexity index is 447. The average Bonchev–Trinajstić information content (AvgIpc) is 2.70. The second kappa shape index (κ2) is 5.57. The number of benzene rings is 1. The topological polar surface area (TPSA) is 20.3 Å². The molecule has 0 aliphatic carbocycles. The first-order valence-corrected chi connectivity index (χ1v) is 6.23. The van der Waals surface area contributed by atoms with Gasteiger partial charge in [0.2, 0.25) is 0 Å². The van der Waals surface area contributed by atoms with Crippen molar-refractivity contribution in [2.45, 2.75) is 38.8 Å². The smallest absolute Gasteiger partial charge is 0.131 e. The molecule has 1 unspecified atom stereocenters. The summed E-state index contributed by atoms with van der Waals surface area (Å²) >= 11 is 0. The largest absolute Gasteiger partial charge is 0.300 e. The van der Waals surface area contributed by atoms with Gasteiger partial charge in [0.15, 0.2) is 0 Å². The molecule has 0 aromatic heterocycles. The molecule has 1 aliphatic rings. The Labute approximate surface area is 106 Å². The van der Waals surface area contributed by atoms with Gasteiger partial charge in [0, 0.05) is 24.6 Å². The average molecular weight is 253 g/mol. The van der Waals surface area contributed by atoms with Crippen molar-refractivity contribution >= 4 is 5.78 Å². The van der Waals surface area contributed by atoms with Crippen molar-refractivity contribution in [2.75, 3.05) is 6.54 Å². The van der Waals surface area contributed by atoms with Crippen LogP contribution >= 0.6 is 0 Å². The summed E-state index contributed by atoms with van der Waals surface area (Å²) in [6.07, 6.45) is 2.46. The number of carbonyl (C=O) groups excluding carboxylic acids is 1. The summed E-state index contributed by atoms with van der Waals surface area (Å²) in [6.45, 7) is 2.79. The van der Waals surface area contributed by atoms with E-state index < -0.39 is 5.82 Å². The lowest BCUT2D eigenvalue weighted by Crippen LogP contribution is -2.30. The molecule has 0 bridgehead atoms. The Morgan fingerprint density at radius 1 is 1.44 bits per heavy atom. The minimum atomic E-state index is -0.422. The molecule has 2 rings (SSSR count). The molecular formula is C14H17F2NO. The minimum absolute atomic E-state index is 0.145. The lowest BCUT2D eigenvalue weighted by atomic mass is 10.1. The summed E-state index contributed by atoms with van der Waals surface area (Å²) in [7, 11) is 0. The number of likely N-dealkylation sites (tertiary alicyclic amines) is 1. The van der Waals surface area contributed by atoms with Crippen LogP contribution < -0.4 is 0 Å². The zero-order valence-corrected chi connectivity index (χ0v) is 10.5. The Hall–Kier alpha value is -1.29. The van der Waals surface area contributed by atoms with Crippen molar-refractivity contribution in [2.24, 2.45) is 0 Å². The van der Waals surface area contributed by atoms with Gasteiger partial charge in [-0.2, -0.15) is 0 Å². The van der Waals surface area contributed by atoms with E-state index in [1.807, 2.05) is 0 Å². The molecule has 1 aromatic rings. The molecule has 98 valence electrons. The fourth-order valence-corrected chi connectivity index (χ4v) is 2.55. The zero-order valence-electron chi connectivity index (χ0n) is 10.5. The zero-order chi connectivity index (χ0) is 13.1. The van der Waals surface area contributed by atoms with Crippen LogP contribution in [0.5, 0.6) is 0 Å². The minimum Gasteiger partial charge on any atom is -0.300 e. The van der Waals surface area contributed by atoms with Crippen molar-refractivity contribution < 1.29 is 13.6 Å². The van der Waals surface area contributed by atoms with Crippen LogP contribution in [0.2, 0.25) is 0 Å². The molecule has 2 nitrogen and oxygen atoms in total. The van der Waals surface area contributed by atoms with E-state index in [0.29, 0.717) is 18.5 Å². The molecule has 1 aliphatic heterocycles. The van der Waals surface area contributed by atoms with Crippen molar-refractivity contribution in [3.63, 3.8) is 0 Å². The van der Waals surface area contributed by atoms with Gasteiger partial charge in [-0.1, -0.05) is 0 Å². The highest BCUT2D eigenvalue weighted by molar-refractivity contribution is 5.76. The normalized spacial score (nSPS) is 20.3. The van der Waals surface area contributed by atoms with Crippen LogP contribution in [0.3, 0.4) is 0 Å². The predicted octanol–water partition coefficient (Wildman–Crippen LogP) is 2.91. The first kappa shape index (κ1) is 13.1. The van der Waals surface area contributed by atoms with Crippen LogP contribution in [0.15, 0.2) is 18.2 Å². The van der Waals surface area contributed by atoms with Gasteiger partial charge in [-0.05, 0) is 44.5 Å². The summed E-state index contributed by atoms with van der Waals surface area (Å²) in [4.78, 5) is 13.2. The van der Waals surface area contributed by atoms with E-state index in [1.165, 1.54) is 6.07 Å². The lowest BCUT2D eigenvalue weighted by Gasteiger charge is -2.23. The SMILES string of the molecule is CC(=O)CC1CCCN1Cc1cc(F)ccc1F. The lowest BCUT2D eigenvalue weighted by molar-refractivity contribution is -0.118. The van der Waals surface area contributed by atoms with E-state index in [1.54, 1.807) is 6.92 Å². The Kier molecular flexibility index (Phi) is 4.07. The highest BCUT2D eigenvalue weighted by atomic mass is 19.1. The standard InChI is InChI=1S/C14H17F2NO/c1-10(18)7-13-3-2-6-17(13)9-11-8-12(15)4-5-14(11)16/h4-5,8,13H,2-3,6-7,9H2,1H3. The molecule has 0 N–H and O–H groups in total. The maximum atomic E-state index is 13.6. The van der Waals surface area contributed by atoms with E-state index in [4.69, 9.17) is 0 Å². The number of rotatable bonds is 4. The van der Waals surface area contributed by atoms with E-state index in [0.717, 1.165) is 31.5 Å². The van der Waals surface area contributed by atoms with Crippen LogP contribution in [0.1, 0.15) is 31.7 Å². The van der Waals surface area contributed by atoms with E-state index in [2.05, 4.69) is 4.90 Å². The number of nitrogens with zero attached hydrogens (tertiary/aromatic N) is 1. The van der Waals surface area contributed by atoms with Crippen molar-refractivity contribution in [1.82, 2.24) is 4.90 Å². The number of hydrogen-bond donors (Lipinski definition) is 0. The first-order valence-electron chi connectivity index (χ1n) is 6.23. The third-order valence-corrected chi connectivity index (χ3v) is 3.40. The van der Waals surface area contributed by atoms with Gasteiger partial charge in [-0.15, -0.1) is 0 Å². The molecule has 1 heterocycles. The quantitative estimate of drug-likeness (QED) is 0.822. The molecule has 0 saturated carbocycles. The van der Waals surface area contributed by atoms with Crippen molar-refractivity contribution in [3.05, 3.63) is 35.4 Å². The summed E-state index contributed by atoms with van der Waals surface area (Å²) in [6, 6.07) is 3.68. The van der Waals surface area contributed by atoms with Crippen LogP contribution in [-0.4, -0.2) is 23.3 Å². The molecule has 0 radical (unpaired) electrons. The van der Waals surface area contributed by atoms with Gasteiger partial charge in [0.25, 0.3) is 0 Å². The van der Waals surface area contributed by atoms with Gasteiger partial charge in [-0.25, -0.2) is 8.78 Å². The van der Waals surface area contributed by atoms with Crippen LogP contribution in [0.25, 0.3) is 0 Å². The molecule has 1 atom stereocenters. The monoisotopic (exact) mass is 253 g/mol. The maximum absolute atomic E-state index is 13.6. The number of carbonyl (C=O) groups is 1. The third kappa shape index (κ3) is 3.13. The Morgan fingerprint density at radius 2 is 2.22 bits per heavy atom. The van der Waals surface area contributed by atoms with Gasteiger partial charge in [-0.3, -0.25) is 9.69 Å². The van der Waals surface area contributed by atoms with E-state index >= 15 is 0 Å². The molecular weight excluding hydrogens is 236 g/mol. The number of halogens is 2. The fourth-order valence-electron chi connectivity index (χ4n) is 2.55. The number of hydrogen-bond acceptors (Lipinski definition) is 2. The van der Waals surface area contributed by atoms with E-state index in [-0.39, 0.29) is 17.6 Å². The van der Waals surface area contributed by atoms with Gasteiger partial charge in [0.1, 0.15) is 17.4 Å². The third-order valence-electron chi connectivity index (χ3n) is 3.40. The number of ketones is 1. The molecule has 0 amide bonds. The van der Waals surface area contributed by atoms with Gasteiger partial charge in [0.05, 0.1) is 0 Å². The Morgan fingerprint density at radius 3 is 2.94 bits per heavy atom. The molecule has 0 spiro atoms. The van der Waals surface area contributed by atoms with Gasteiger partial charge >= 0.3 is 0 Å². The molecule has 18 heavy (non-hydrogen) atoms. The molecule has 4 heteroatoms. The van der Waals surface area contributed by atoms with Crippen LogP contribution in [0, 0.1) is 11.6 Å². The van der Waals surface area contributed by atoms with Crippen LogP contribution in [0.4, 0.5) is 8.78 Å². The predicted molar refractivity (Wildman–Crippen MR) is 65.1 cm³/mol. The van der Waals surface area contributed by atoms with Crippen molar-refractivity contribution in [1.29, 1.82) is 0 Å². The van der Waals surface area contributed by atoms with E-state index in [9.17, 15) is 13.6 Å². The number of Topliss-reactive ketones (excluding diaryl/α,β-unsaturated/α-hetero) is 1. The molecule has 1 aromatic carbocycles. The first-order chi connectivity index (χ1) is 8.56. The second-order valence-corrected chi connectivity index (χ2v) is 4.91. The highest BCUT2D eigenvalue weighted by Gasteiger charge is 2.26. The summed E-state index contributed by atoms with van der Waals surface area (Å²) in [5, 5.41) is 0.